The van der Waals surface area contributed by atoms with Crippen LogP contribution in [0.3, 0.4) is 0 Å². The van der Waals surface area contributed by atoms with Crippen molar-refractivity contribution in [1.29, 1.82) is 0 Å². The number of aromatic nitrogens is 3. The molecule has 0 aromatic carbocycles. The minimum atomic E-state index is 0.0756. The number of carbonyl (C=O) groups is 1. The maximum absolute atomic E-state index is 12.7. The smallest absolute Gasteiger partial charge is 0.274 e. The first-order chi connectivity index (χ1) is 10.2. The quantitative estimate of drug-likeness (QED) is 0.849. The van der Waals surface area contributed by atoms with Crippen LogP contribution in [0.5, 0.6) is 0 Å². The molecular formula is C16H18N4O. The molecule has 5 heteroatoms. The highest BCUT2D eigenvalue weighted by molar-refractivity contribution is 5.94. The lowest BCUT2D eigenvalue weighted by Gasteiger charge is -2.58. The van der Waals surface area contributed by atoms with Crippen LogP contribution in [-0.2, 0) is 7.05 Å². The predicted molar refractivity (Wildman–Crippen MR) is 78.7 cm³/mol. The lowest BCUT2D eigenvalue weighted by molar-refractivity contribution is -0.0491. The minimum absolute atomic E-state index is 0.0756. The van der Waals surface area contributed by atoms with Gasteiger partial charge in [-0.3, -0.25) is 14.5 Å². The van der Waals surface area contributed by atoms with E-state index >= 15 is 0 Å². The molecule has 1 saturated heterocycles. The van der Waals surface area contributed by atoms with Gasteiger partial charge in [0.2, 0.25) is 0 Å². The van der Waals surface area contributed by atoms with Gasteiger partial charge in [0.25, 0.3) is 5.91 Å². The number of nitrogens with zero attached hydrogens (tertiary/aromatic N) is 4. The van der Waals surface area contributed by atoms with Gasteiger partial charge in [0.15, 0.2) is 5.69 Å². The zero-order valence-corrected chi connectivity index (χ0v) is 12.1. The third-order valence-corrected chi connectivity index (χ3v) is 4.96. The fourth-order valence-electron chi connectivity index (χ4n) is 3.46. The molecule has 0 radical (unpaired) electrons. The summed E-state index contributed by atoms with van der Waals surface area (Å²) >= 11 is 0. The molecule has 1 aliphatic carbocycles. The maximum atomic E-state index is 12.7. The highest BCUT2D eigenvalue weighted by atomic mass is 16.2. The Labute approximate surface area is 123 Å². The molecule has 1 aliphatic heterocycles. The highest BCUT2D eigenvalue weighted by Gasteiger charge is 2.51. The first-order valence-corrected chi connectivity index (χ1v) is 7.46. The fraction of sp³-hybridized carbons (Fsp3) is 0.438. The molecule has 4 rings (SSSR count). The number of pyridine rings is 1. The third-order valence-electron chi connectivity index (χ3n) is 4.96. The van der Waals surface area contributed by atoms with E-state index in [1.165, 1.54) is 6.42 Å². The van der Waals surface area contributed by atoms with Crippen molar-refractivity contribution in [3.63, 3.8) is 0 Å². The van der Waals surface area contributed by atoms with Crippen LogP contribution < -0.4 is 0 Å². The van der Waals surface area contributed by atoms with Gasteiger partial charge in [-0.1, -0.05) is 0 Å². The van der Waals surface area contributed by atoms with Crippen LogP contribution in [-0.4, -0.2) is 37.7 Å². The van der Waals surface area contributed by atoms with Crippen molar-refractivity contribution < 1.29 is 4.79 Å². The molecule has 0 N–H and O–H groups in total. The molecule has 2 aromatic heterocycles. The average Bonchev–Trinajstić information content (AvgIpc) is 2.79. The summed E-state index contributed by atoms with van der Waals surface area (Å²) in [4.78, 5) is 18.8. The molecule has 1 amide bonds. The van der Waals surface area contributed by atoms with Gasteiger partial charge in [-0.15, -0.1) is 0 Å². The summed E-state index contributed by atoms with van der Waals surface area (Å²) in [6.45, 7) is 0.873. The molecule has 5 nitrogen and oxygen atoms in total. The van der Waals surface area contributed by atoms with Gasteiger partial charge in [0.05, 0.1) is 5.69 Å². The Hall–Kier alpha value is -2.17. The molecular weight excluding hydrogens is 264 g/mol. The number of amides is 1. The number of hydrogen-bond donors (Lipinski definition) is 0. The molecule has 0 atom stereocenters. The van der Waals surface area contributed by atoms with E-state index in [-0.39, 0.29) is 11.4 Å². The molecule has 2 fully saturated rings. The lowest BCUT2D eigenvalue weighted by atomic mass is 9.67. The summed E-state index contributed by atoms with van der Waals surface area (Å²) in [5.74, 6) is 0.0756. The van der Waals surface area contributed by atoms with Crippen LogP contribution in [0.25, 0.3) is 11.3 Å². The summed E-state index contributed by atoms with van der Waals surface area (Å²) in [7, 11) is 1.87. The first-order valence-electron chi connectivity index (χ1n) is 7.46. The van der Waals surface area contributed by atoms with Crippen LogP contribution in [0.15, 0.2) is 30.6 Å². The zero-order valence-electron chi connectivity index (χ0n) is 12.1. The molecule has 0 bridgehead atoms. The van der Waals surface area contributed by atoms with Crippen LogP contribution >= 0.6 is 0 Å². The van der Waals surface area contributed by atoms with Crippen LogP contribution in [0.4, 0.5) is 0 Å². The van der Waals surface area contributed by atoms with Gasteiger partial charge in [0, 0.05) is 37.1 Å². The van der Waals surface area contributed by atoms with Crippen molar-refractivity contribution in [3.05, 3.63) is 36.3 Å². The topological polar surface area (TPSA) is 51.0 Å². The molecule has 2 aromatic rings. The van der Waals surface area contributed by atoms with Crippen LogP contribution in [0.1, 0.15) is 36.2 Å². The Bertz CT molecular complexity index is 682. The van der Waals surface area contributed by atoms with E-state index in [2.05, 4.69) is 10.1 Å². The summed E-state index contributed by atoms with van der Waals surface area (Å²) < 4.78 is 1.76. The second-order valence-electron chi connectivity index (χ2n) is 6.06. The van der Waals surface area contributed by atoms with E-state index in [1.807, 2.05) is 30.1 Å². The standard InChI is InChI=1S/C16H18N4O/c1-19-14(12-4-2-8-17-11-12)10-13(18-19)15(21)20-9-7-16(20)5-3-6-16/h2,4,8,10-11H,3,5-7,9H2,1H3. The van der Waals surface area contributed by atoms with Gasteiger partial charge in [-0.25, -0.2) is 0 Å². The van der Waals surface area contributed by atoms with Gasteiger partial charge in [-0.2, -0.15) is 5.10 Å². The van der Waals surface area contributed by atoms with Crippen molar-refractivity contribution in [2.75, 3.05) is 6.54 Å². The maximum Gasteiger partial charge on any atom is 0.274 e. The SMILES string of the molecule is Cn1nc(C(=O)N2CCC23CCC3)cc1-c1cccnc1. The number of likely N-dealkylation sites (tertiary alicyclic amines) is 1. The van der Waals surface area contributed by atoms with Crippen molar-refractivity contribution >= 4 is 5.91 Å². The van der Waals surface area contributed by atoms with Crippen molar-refractivity contribution in [3.8, 4) is 11.3 Å². The van der Waals surface area contributed by atoms with Crippen molar-refractivity contribution in [1.82, 2.24) is 19.7 Å². The molecule has 1 saturated carbocycles. The Morgan fingerprint density at radius 3 is 2.76 bits per heavy atom. The van der Waals surface area contributed by atoms with E-state index in [0.717, 1.165) is 37.1 Å². The lowest BCUT2D eigenvalue weighted by Crippen LogP contribution is -2.65. The monoisotopic (exact) mass is 282 g/mol. The molecule has 3 heterocycles. The van der Waals surface area contributed by atoms with E-state index in [1.54, 1.807) is 17.1 Å². The average molecular weight is 282 g/mol. The van der Waals surface area contributed by atoms with E-state index in [4.69, 9.17) is 0 Å². The van der Waals surface area contributed by atoms with Gasteiger partial charge in [-0.05, 0) is 43.9 Å². The van der Waals surface area contributed by atoms with Crippen molar-refractivity contribution in [2.45, 2.75) is 31.2 Å². The zero-order chi connectivity index (χ0) is 14.4. The Morgan fingerprint density at radius 2 is 2.19 bits per heavy atom. The molecule has 2 aliphatic rings. The minimum Gasteiger partial charge on any atom is -0.331 e. The fourth-order valence-corrected chi connectivity index (χ4v) is 3.46. The number of carbonyl (C=O) groups excluding carboxylic acids is 1. The Morgan fingerprint density at radius 1 is 1.33 bits per heavy atom. The number of rotatable bonds is 2. The summed E-state index contributed by atoms with van der Waals surface area (Å²) in [5, 5.41) is 4.41. The van der Waals surface area contributed by atoms with Gasteiger partial charge < -0.3 is 4.90 Å². The number of aryl methyl sites for hydroxylation is 1. The second kappa shape index (κ2) is 4.41. The summed E-state index contributed by atoms with van der Waals surface area (Å²) in [5.41, 5.74) is 2.62. The summed E-state index contributed by atoms with van der Waals surface area (Å²) in [6.07, 6.45) is 8.24. The van der Waals surface area contributed by atoms with Gasteiger partial charge in [0.1, 0.15) is 0 Å². The van der Waals surface area contributed by atoms with E-state index in [0.29, 0.717) is 5.69 Å². The Balaban J connectivity index is 1.63. The third kappa shape index (κ3) is 1.80. The summed E-state index contributed by atoms with van der Waals surface area (Å²) in [6, 6.07) is 5.75. The van der Waals surface area contributed by atoms with E-state index < -0.39 is 0 Å². The molecule has 21 heavy (non-hydrogen) atoms. The molecule has 1 spiro atoms. The molecule has 0 unspecified atom stereocenters. The van der Waals surface area contributed by atoms with Crippen LogP contribution in [0, 0.1) is 0 Å². The number of hydrogen-bond acceptors (Lipinski definition) is 3. The van der Waals surface area contributed by atoms with E-state index in [9.17, 15) is 4.79 Å². The largest absolute Gasteiger partial charge is 0.331 e. The first kappa shape index (κ1) is 12.6. The predicted octanol–water partition coefficient (Wildman–Crippen LogP) is 2.25. The second-order valence-corrected chi connectivity index (χ2v) is 6.06. The Kier molecular flexibility index (Phi) is 2.64. The van der Waals surface area contributed by atoms with Crippen molar-refractivity contribution in [2.24, 2.45) is 7.05 Å². The van der Waals surface area contributed by atoms with Gasteiger partial charge >= 0.3 is 0 Å². The van der Waals surface area contributed by atoms with Crippen LogP contribution in [0.2, 0.25) is 0 Å². The molecule has 108 valence electrons. The normalized spacial score (nSPS) is 19.2. The highest BCUT2D eigenvalue weighted by Crippen LogP contribution is 2.47.